The standard InChI is InChI=1S/C8H6N2O3S/c1-5(4-9)8(11)6-2-3-7(14-6)10(12)13/h2-3,5H,1H3. The Labute approximate surface area is 83.7 Å². The molecule has 0 aliphatic heterocycles. The lowest BCUT2D eigenvalue weighted by atomic mass is 10.1. The molecule has 0 saturated carbocycles. The van der Waals surface area contributed by atoms with Crippen LogP contribution in [0, 0.1) is 27.4 Å². The third-order valence-electron chi connectivity index (χ3n) is 1.60. The van der Waals surface area contributed by atoms with E-state index in [0.717, 1.165) is 11.3 Å². The first-order valence-corrected chi connectivity index (χ1v) is 4.56. The maximum absolute atomic E-state index is 11.4. The van der Waals surface area contributed by atoms with E-state index in [2.05, 4.69) is 0 Å². The predicted octanol–water partition coefficient (Wildman–Crippen LogP) is 2.00. The summed E-state index contributed by atoms with van der Waals surface area (Å²) in [6.07, 6.45) is 0. The summed E-state index contributed by atoms with van der Waals surface area (Å²) in [6.45, 7) is 1.47. The van der Waals surface area contributed by atoms with E-state index in [1.165, 1.54) is 19.1 Å². The molecule has 0 radical (unpaired) electrons. The van der Waals surface area contributed by atoms with Gasteiger partial charge in [0.1, 0.15) is 5.92 Å². The lowest BCUT2D eigenvalue weighted by Crippen LogP contribution is -2.06. The van der Waals surface area contributed by atoms with Crippen LogP contribution < -0.4 is 0 Å². The van der Waals surface area contributed by atoms with Gasteiger partial charge in [-0.1, -0.05) is 11.3 Å². The Bertz CT molecular complexity index is 418. The third-order valence-corrected chi connectivity index (χ3v) is 2.65. The number of nitro groups is 1. The van der Waals surface area contributed by atoms with E-state index in [1.54, 1.807) is 6.07 Å². The zero-order valence-corrected chi connectivity index (χ0v) is 8.08. The van der Waals surface area contributed by atoms with Crippen LogP contribution in [0.2, 0.25) is 0 Å². The molecule has 0 bridgehead atoms. The number of thiophene rings is 1. The molecule has 72 valence electrons. The van der Waals surface area contributed by atoms with Crippen molar-refractivity contribution in [2.24, 2.45) is 5.92 Å². The maximum Gasteiger partial charge on any atom is 0.324 e. The summed E-state index contributed by atoms with van der Waals surface area (Å²) in [7, 11) is 0. The zero-order valence-electron chi connectivity index (χ0n) is 7.26. The molecule has 0 aliphatic carbocycles. The summed E-state index contributed by atoms with van der Waals surface area (Å²) in [5.41, 5.74) is 0. The van der Waals surface area contributed by atoms with Gasteiger partial charge in [-0.15, -0.1) is 0 Å². The fraction of sp³-hybridized carbons (Fsp3) is 0.250. The Hall–Kier alpha value is -1.74. The first-order chi connectivity index (χ1) is 6.56. The lowest BCUT2D eigenvalue weighted by molar-refractivity contribution is -0.380. The van der Waals surface area contributed by atoms with E-state index in [9.17, 15) is 14.9 Å². The Morgan fingerprint density at radius 3 is 2.79 bits per heavy atom. The Morgan fingerprint density at radius 1 is 1.71 bits per heavy atom. The highest BCUT2D eigenvalue weighted by Crippen LogP contribution is 2.25. The van der Waals surface area contributed by atoms with Crippen molar-refractivity contribution in [3.63, 3.8) is 0 Å². The van der Waals surface area contributed by atoms with Gasteiger partial charge in [-0.2, -0.15) is 5.26 Å². The summed E-state index contributed by atoms with van der Waals surface area (Å²) in [5, 5.41) is 18.7. The fourth-order valence-electron chi connectivity index (χ4n) is 0.830. The molecule has 0 spiro atoms. The van der Waals surface area contributed by atoms with Crippen LogP contribution >= 0.6 is 11.3 Å². The molecule has 0 saturated heterocycles. The van der Waals surface area contributed by atoms with Crippen molar-refractivity contribution >= 4 is 22.1 Å². The van der Waals surface area contributed by atoms with Crippen molar-refractivity contribution in [2.45, 2.75) is 6.92 Å². The van der Waals surface area contributed by atoms with E-state index < -0.39 is 10.8 Å². The summed E-state index contributed by atoms with van der Waals surface area (Å²) in [5.74, 6) is -1.13. The van der Waals surface area contributed by atoms with Gasteiger partial charge in [0, 0.05) is 6.07 Å². The minimum absolute atomic E-state index is 0.0847. The van der Waals surface area contributed by atoms with Crippen molar-refractivity contribution in [3.8, 4) is 6.07 Å². The van der Waals surface area contributed by atoms with Gasteiger partial charge in [0.25, 0.3) is 0 Å². The fourth-order valence-corrected chi connectivity index (χ4v) is 1.68. The van der Waals surface area contributed by atoms with E-state index >= 15 is 0 Å². The molecule has 0 N–H and O–H groups in total. The largest absolute Gasteiger partial charge is 0.324 e. The molecule has 1 aromatic rings. The van der Waals surface area contributed by atoms with Crippen LogP contribution in [-0.2, 0) is 0 Å². The van der Waals surface area contributed by atoms with Crippen molar-refractivity contribution in [2.75, 3.05) is 0 Å². The first-order valence-electron chi connectivity index (χ1n) is 3.74. The van der Waals surface area contributed by atoms with Crippen molar-refractivity contribution in [3.05, 3.63) is 27.1 Å². The quantitative estimate of drug-likeness (QED) is 0.434. The molecular formula is C8H6N2O3S. The van der Waals surface area contributed by atoms with E-state index in [0.29, 0.717) is 0 Å². The molecule has 5 nitrogen and oxygen atoms in total. The molecule has 1 unspecified atom stereocenters. The van der Waals surface area contributed by atoms with Crippen LogP contribution in [0.1, 0.15) is 16.6 Å². The number of Topliss-reactive ketones (excluding diaryl/α,β-unsaturated/α-hetero) is 1. The second-order valence-electron chi connectivity index (χ2n) is 2.61. The summed E-state index contributed by atoms with van der Waals surface area (Å²) >= 11 is 0.793. The topological polar surface area (TPSA) is 84.0 Å². The number of hydrogen-bond donors (Lipinski definition) is 0. The summed E-state index contributed by atoms with van der Waals surface area (Å²) in [6, 6.07) is 4.43. The number of hydrogen-bond acceptors (Lipinski definition) is 5. The summed E-state index contributed by atoms with van der Waals surface area (Å²) in [4.78, 5) is 21.4. The smallest absolute Gasteiger partial charge is 0.292 e. The minimum atomic E-state index is -0.756. The Morgan fingerprint density at radius 2 is 2.36 bits per heavy atom. The molecule has 0 aromatic carbocycles. The second kappa shape index (κ2) is 3.98. The highest BCUT2D eigenvalue weighted by Gasteiger charge is 2.19. The zero-order chi connectivity index (χ0) is 10.7. The number of rotatable bonds is 3. The number of nitriles is 1. The van der Waals surface area contributed by atoms with E-state index in [1.807, 2.05) is 0 Å². The monoisotopic (exact) mass is 210 g/mol. The average molecular weight is 210 g/mol. The molecule has 1 atom stereocenters. The lowest BCUT2D eigenvalue weighted by Gasteiger charge is -1.95. The maximum atomic E-state index is 11.4. The number of ketones is 1. The molecular weight excluding hydrogens is 204 g/mol. The van der Waals surface area contributed by atoms with Crippen molar-refractivity contribution < 1.29 is 9.72 Å². The predicted molar refractivity (Wildman–Crippen MR) is 50.1 cm³/mol. The van der Waals surface area contributed by atoms with Crippen LogP contribution in [0.4, 0.5) is 5.00 Å². The Kier molecular flexibility index (Phi) is 2.94. The molecule has 6 heteroatoms. The van der Waals surface area contributed by atoms with Crippen LogP contribution in [0.15, 0.2) is 12.1 Å². The Balaban J connectivity index is 2.94. The molecule has 1 heterocycles. The molecule has 0 aliphatic rings. The van der Waals surface area contributed by atoms with Gasteiger partial charge in [-0.25, -0.2) is 0 Å². The number of carbonyl (C=O) groups excluding carboxylic acids is 1. The van der Waals surface area contributed by atoms with Gasteiger partial charge in [0.2, 0.25) is 0 Å². The molecule has 1 rings (SSSR count). The highest BCUT2D eigenvalue weighted by molar-refractivity contribution is 7.17. The van der Waals surface area contributed by atoms with Gasteiger partial charge in [0.15, 0.2) is 5.78 Å². The van der Waals surface area contributed by atoms with E-state index in [-0.39, 0.29) is 15.7 Å². The van der Waals surface area contributed by atoms with Crippen molar-refractivity contribution in [1.82, 2.24) is 0 Å². The van der Waals surface area contributed by atoms with Gasteiger partial charge < -0.3 is 0 Å². The molecule has 14 heavy (non-hydrogen) atoms. The van der Waals surface area contributed by atoms with Gasteiger partial charge in [-0.3, -0.25) is 14.9 Å². The first kappa shape index (κ1) is 10.3. The highest BCUT2D eigenvalue weighted by atomic mass is 32.1. The third kappa shape index (κ3) is 1.95. The molecule has 1 aromatic heterocycles. The van der Waals surface area contributed by atoms with Gasteiger partial charge >= 0.3 is 5.00 Å². The van der Waals surface area contributed by atoms with Crippen LogP contribution in [-0.4, -0.2) is 10.7 Å². The van der Waals surface area contributed by atoms with Crippen LogP contribution in [0.5, 0.6) is 0 Å². The van der Waals surface area contributed by atoms with Crippen molar-refractivity contribution in [1.29, 1.82) is 5.26 Å². The minimum Gasteiger partial charge on any atom is -0.292 e. The number of nitrogens with zero attached hydrogens (tertiary/aromatic N) is 2. The van der Waals surface area contributed by atoms with E-state index in [4.69, 9.17) is 5.26 Å². The normalized spacial score (nSPS) is 11.7. The summed E-state index contributed by atoms with van der Waals surface area (Å²) < 4.78 is 0. The van der Waals surface area contributed by atoms with Gasteiger partial charge in [0.05, 0.1) is 15.9 Å². The SMILES string of the molecule is CC(C#N)C(=O)c1ccc([N+](=O)[O-])s1. The number of carbonyl (C=O) groups is 1. The van der Waals surface area contributed by atoms with Gasteiger partial charge in [-0.05, 0) is 13.0 Å². The van der Waals surface area contributed by atoms with Crippen LogP contribution in [0.3, 0.4) is 0 Å². The molecule has 0 fully saturated rings. The molecule has 0 amide bonds. The average Bonchev–Trinajstić information content (AvgIpc) is 2.64. The van der Waals surface area contributed by atoms with Crippen LogP contribution in [0.25, 0.3) is 0 Å². The second-order valence-corrected chi connectivity index (χ2v) is 3.67.